The van der Waals surface area contributed by atoms with Crippen molar-refractivity contribution < 1.29 is 0 Å². The molecule has 1 aromatic carbocycles. The molecule has 1 aromatic rings. The van der Waals surface area contributed by atoms with Crippen molar-refractivity contribution in [3.05, 3.63) is 34.4 Å². The molecule has 0 bridgehead atoms. The van der Waals surface area contributed by atoms with E-state index in [1.54, 1.807) is 0 Å². The lowest BCUT2D eigenvalue weighted by atomic mass is 9.80. The predicted octanol–water partition coefficient (Wildman–Crippen LogP) is 2.40. The summed E-state index contributed by atoms with van der Waals surface area (Å²) >= 11 is 0. The van der Waals surface area contributed by atoms with Crippen LogP contribution in [0.15, 0.2) is 12.1 Å². The summed E-state index contributed by atoms with van der Waals surface area (Å²) in [6.45, 7) is 7.04. The molecular weight excluding hydrogens is 255 g/mol. The van der Waals surface area contributed by atoms with E-state index in [-0.39, 0.29) is 0 Å². The summed E-state index contributed by atoms with van der Waals surface area (Å²) in [4.78, 5) is 2.62. The Hall–Kier alpha value is -0.795. The highest BCUT2D eigenvalue weighted by molar-refractivity contribution is 6.08. The Kier molecular flexibility index (Phi) is 4.42. The summed E-state index contributed by atoms with van der Waals surface area (Å²) in [6.07, 6.45) is 5.37. The fourth-order valence-corrected chi connectivity index (χ4v) is 3.86. The molecule has 1 aliphatic heterocycles. The number of hydrogen-bond donors (Lipinski definition) is 1. The van der Waals surface area contributed by atoms with Gasteiger partial charge >= 0.3 is 0 Å². The van der Waals surface area contributed by atoms with Crippen molar-refractivity contribution in [2.24, 2.45) is 11.7 Å². The number of nitrogens with two attached hydrogens (primary N) is 1. The van der Waals surface area contributed by atoms with Gasteiger partial charge in [0.25, 0.3) is 0 Å². The van der Waals surface area contributed by atoms with Crippen LogP contribution >= 0.6 is 0 Å². The third-order valence-corrected chi connectivity index (χ3v) is 5.59. The first-order chi connectivity index (χ1) is 10.1. The first kappa shape index (κ1) is 15.1. The SMILES string of the molecule is [B]CCc1ccc(CC2CN(C3CC(N)C3)C2)c(C)c1C. The van der Waals surface area contributed by atoms with Crippen LogP contribution in [0.4, 0.5) is 0 Å². The quantitative estimate of drug-likeness (QED) is 0.840. The van der Waals surface area contributed by atoms with E-state index in [1.165, 1.54) is 54.6 Å². The Morgan fingerprint density at radius 2 is 1.76 bits per heavy atom. The minimum atomic E-state index is 0.467. The third kappa shape index (κ3) is 3.05. The highest BCUT2D eigenvalue weighted by Gasteiger charge is 2.38. The molecule has 1 heterocycles. The van der Waals surface area contributed by atoms with Crippen LogP contribution in [0.5, 0.6) is 0 Å². The van der Waals surface area contributed by atoms with Gasteiger partial charge in [-0.1, -0.05) is 18.5 Å². The van der Waals surface area contributed by atoms with E-state index in [0.29, 0.717) is 6.04 Å². The number of nitrogens with zero attached hydrogens (tertiary/aromatic N) is 1. The molecule has 112 valence electrons. The summed E-state index contributed by atoms with van der Waals surface area (Å²) in [7, 11) is 5.69. The smallest absolute Gasteiger partial charge is 0.0657 e. The van der Waals surface area contributed by atoms with Crippen molar-refractivity contribution in [1.82, 2.24) is 4.90 Å². The van der Waals surface area contributed by atoms with Crippen LogP contribution in [0, 0.1) is 19.8 Å². The van der Waals surface area contributed by atoms with Gasteiger partial charge in [-0.15, -0.1) is 0 Å². The summed E-state index contributed by atoms with van der Waals surface area (Å²) in [5.41, 5.74) is 11.7. The van der Waals surface area contributed by atoms with Gasteiger partial charge in [-0.2, -0.15) is 0 Å². The highest BCUT2D eigenvalue weighted by atomic mass is 15.2. The monoisotopic (exact) mass is 282 g/mol. The van der Waals surface area contributed by atoms with Gasteiger partial charge in [-0.05, 0) is 67.7 Å². The normalized spacial score (nSPS) is 26.4. The Balaban J connectivity index is 1.55. The van der Waals surface area contributed by atoms with E-state index in [1.807, 2.05) is 0 Å². The second kappa shape index (κ2) is 6.14. The Morgan fingerprint density at radius 1 is 1.14 bits per heavy atom. The largest absolute Gasteiger partial charge is 0.328 e. The fourth-order valence-electron chi connectivity index (χ4n) is 3.86. The molecule has 2 aliphatic rings. The average Bonchev–Trinajstić information content (AvgIpc) is 2.38. The van der Waals surface area contributed by atoms with Crippen molar-refractivity contribution in [3.63, 3.8) is 0 Å². The van der Waals surface area contributed by atoms with Crippen LogP contribution in [-0.2, 0) is 12.8 Å². The molecule has 2 nitrogen and oxygen atoms in total. The van der Waals surface area contributed by atoms with Crippen LogP contribution in [0.25, 0.3) is 0 Å². The van der Waals surface area contributed by atoms with E-state index in [9.17, 15) is 0 Å². The predicted molar refractivity (Wildman–Crippen MR) is 89.9 cm³/mol. The van der Waals surface area contributed by atoms with Crippen molar-refractivity contribution >= 4 is 7.85 Å². The number of rotatable bonds is 5. The van der Waals surface area contributed by atoms with Gasteiger partial charge in [0.1, 0.15) is 0 Å². The molecule has 1 aliphatic carbocycles. The summed E-state index contributed by atoms with van der Waals surface area (Å²) < 4.78 is 0. The lowest BCUT2D eigenvalue weighted by Gasteiger charge is -2.50. The highest BCUT2D eigenvalue weighted by Crippen LogP contribution is 2.32. The maximum absolute atomic E-state index is 5.88. The molecule has 2 radical (unpaired) electrons. The minimum Gasteiger partial charge on any atom is -0.328 e. The van der Waals surface area contributed by atoms with Crippen molar-refractivity contribution in [2.45, 2.75) is 57.9 Å². The van der Waals surface area contributed by atoms with Gasteiger partial charge in [0.15, 0.2) is 0 Å². The third-order valence-electron chi connectivity index (χ3n) is 5.59. The van der Waals surface area contributed by atoms with Gasteiger partial charge in [0.05, 0.1) is 7.85 Å². The Morgan fingerprint density at radius 3 is 2.38 bits per heavy atom. The average molecular weight is 282 g/mol. The fraction of sp³-hybridized carbons (Fsp3) is 0.667. The van der Waals surface area contributed by atoms with Crippen LogP contribution < -0.4 is 5.73 Å². The first-order valence-corrected chi connectivity index (χ1v) is 8.36. The van der Waals surface area contributed by atoms with E-state index in [2.05, 4.69) is 30.9 Å². The molecule has 0 aromatic heterocycles. The molecule has 1 saturated carbocycles. The van der Waals surface area contributed by atoms with Crippen LogP contribution in [-0.4, -0.2) is 37.9 Å². The number of aryl methyl sites for hydroxylation is 1. The molecule has 0 unspecified atom stereocenters. The van der Waals surface area contributed by atoms with Gasteiger partial charge in [0, 0.05) is 25.2 Å². The van der Waals surface area contributed by atoms with Gasteiger partial charge in [-0.3, -0.25) is 4.90 Å². The zero-order chi connectivity index (χ0) is 15.0. The maximum Gasteiger partial charge on any atom is 0.0657 e. The Labute approximate surface area is 130 Å². The van der Waals surface area contributed by atoms with Gasteiger partial charge in [-0.25, -0.2) is 0 Å². The van der Waals surface area contributed by atoms with E-state index < -0.39 is 0 Å². The van der Waals surface area contributed by atoms with E-state index in [4.69, 9.17) is 13.6 Å². The molecule has 0 atom stereocenters. The van der Waals surface area contributed by atoms with Crippen LogP contribution in [0.3, 0.4) is 0 Å². The zero-order valence-electron chi connectivity index (χ0n) is 13.4. The zero-order valence-corrected chi connectivity index (χ0v) is 13.4. The van der Waals surface area contributed by atoms with Crippen molar-refractivity contribution in [2.75, 3.05) is 13.1 Å². The molecule has 21 heavy (non-hydrogen) atoms. The van der Waals surface area contributed by atoms with Gasteiger partial charge < -0.3 is 5.73 Å². The van der Waals surface area contributed by atoms with E-state index >= 15 is 0 Å². The Bertz CT molecular complexity index is 502. The van der Waals surface area contributed by atoms with Crippen molar-refractivity contribution in [1.29, 1.82) is 0 Å². The maximum atomic E-state index is 5.88. The second-order valence-electron chi connectivity index (χ2n) is 7.08. The van der Waals surface area contributed by atoms with Gasteiger partial charge in [0.2, 0.25) is 0 Å². The number of hydrogen-bond acceptors (Lipinski definition) is 2. The molecule has 0 amide bonds. The van der Waals surface area contributed by atoms with Crippen LogP contribution in [0.2, 0.25) is 6.32 Å². The molecular formula is C18H27BN2. The lowest BCUT2D eigenvalue weighted by molar-refractivity contribution is 0.00897. The molecule has 1 saturated heterocycles. The molecule has 2 fully saturated rings. The molecule has 3 heteroatoms. The lowest BCUT2D eigenvalue weighted by Crippen LogP contribution is -2.59. The minimum absolute atomic E-state index is 0.467. The summed E-state index contributed by atoms with van der Waals surface area (Å²) in [5, 5.41) is 0. The van der Waals surface area contributed by atoms with Crippen LogP contribution in [0.1, 0.15) is 35.1 Å². The first-order valence-electron chi connectivity index (χ1n) is 8.36. The molecule has 0 spiro atoms. The number of likely N-dealkylation sites (tertiary alicyclic amines) is 1. The van der Waals surface area contributed by atoms with E-state index in [0.717, 1.165) is 24.7 Å². The summed E-state index contributed by atoms with van der Waals surface area (Å²) in [5.74, 6) is 0.834. The summed E-state index contributed by atoms with van der Waals surface area (Å²) in [6, 6.07) is 5.86. The topological polar surface area (TPSA) is 29.3 Å². The molecule has 3 rings (SSSR count). The number of benzene rings is 1. The van der Waals surface area contributed by atoms with Crippen molar-refractivity contribution in [3.8, 4) is 0 Å². The standard InChI is InChI=1S/C18H27BN2/c1-12-13(2)16(4-3-15(12)5-6-19)7-14-10-21(11-14)18-8-17(20)9-18/h3-4,14,17-18H,5-11,20H2,1-2H3. The molecule has 2 N–H and O–H groups in total. The second-order valence-corrected chi connectivity index (χ2v) is 7.08.